The van der Waals surface area contributed by atoms with Gasteiger partial charge in [0.05, 0.1) is 17.1 Å². The highest BCUT2D eigenvalue weighted by molar-refractivity contribution is 5.79. The second-order valence-corrected chi connectivity index (χ2v) is 8.46. The highest BCUT2D eigenvalue weighted by Gasteiger charge is 2.37. The number of nitrogen functional groups attached to an aromatic ring is 1. The van der Waals surface area contributed by atoms with Crippen molar-refractivity contribution in [2.45, 2.75) is 44.3 Å². The second-order valence-electron chi connectivity index (χ2n) is 8.46. The Hall–Kier alpha value is -3.10. The number of anilines is 2. The molecule has 2 N–H and O–H groups in total. The summed E-state index contributed by atoms with van der Waals surface area (Å²) in [6.07, 6.45) is -0.416. The Kier molecular flexibility index (Phi) is 5.83. The van der Waals surface area contributed by atoms with Crippen LogP contribution in [0.4, 0.5) is 24.7 Å². The molecule has 1 aliphatic heterocycles. The summed E-state index contributed by atoms with van der Waals surface area (Å²) in [4.78, 5) is 24.5. The summed E-state index contributed by atoms with van der Waals surface area (Å²) in [5.74, 6) is 0.0931. The van der Waals surface area contributed by atoms with Crippen LogP contribution in [-0.2, 0) is 4.79 Å². The number of carbonyl (C=O) groups is 1. The first-order chi connectivity index (χ1) is 15.2. The molecule has 1 amide bonds. The van der Waals surface area contributed by atoms with E-state index in [2.05, 4.69) is 11.6 Å². The van der Waals surface area contributed by atoms with Gasteiger partial charge in [-0.05, 0) is 49.6 Å². The maximum atomic E-state index is 12.6. The van der Waals surface area contributed by atoms with Crippen molar-refractivity contribution in [2.75, 3.05) is 30.3 Å². The molecular formula is C23H26F3N5O. The van der Waals surface area contributed by atoms with Crippen molar-refractivity contribution in [3.05, 3.63) is 42.4 Å². The Morgan fingerprint density at radius 1 is 1.31 bits per heavy atom. The van der Waals surface area contributed by atoms with Crippen LogP contribution in [0.15, 0.2) is 31.0 Å². The molecule has 0 bridgehead atoms. The Bertz CT molecular complexity index is 1030. The third-order valence-electron chi connectivity index (χ3n) is 5.92. The number of nitrogens with two attached hydrogens (primary N) is 1. The molecule has 1 atom stereocenters. The molecule has 0 aromatic carbocycles. The SMILES string of the molecule is C=Cc1cc(-c2cc(N)c(N3CCN(C(=O)CC(F)(F)F)[C@H](C)C3)nc2C2CC2)ccn1. The number of hydrogen-bond acceptors (Lipinski definition) is 5. The molecule has 4 rings (SSSR count). The molecule has 170 valence electrons. The van der Waals surface area contributed by atoms with Gasteiger partial charge in [-0.1, -0.05) is 6.58 Å². The number of hydrogen-bond donors (Lipinski definition) is 1. The van der Waals surface area contributed by atoms with Crippen LogP contribution in [0.5, 0.6) is 0 Å². The zero-order valence-electron chi connectivity index (χ0n) is 17.9. The van der Waals surface area contributed by atoms with Crippen LogP contribution >= 0.6 is 0 Å². The van der Waals surface area contributed by atoms with E-state index in [0.29, 0.717) is 30.5 Å². The van der Waals surface area contributed by atoms with E-state index in [1.165, 1.54) is 4.90 Å². The summed E-state index contributed by atoms with van der Waals surface area (Å²) < 4.78 is 37.9. The highest BCUT2D eigenvalue weighted by Crippen LogP contribution is 2.45. The van der Waals surface area contributed by atoms with E-state index in [1.807, 2.05) is 23.1 Å². The van der Waals surface area contributed by atoms with Crippen molar-refractivity contribution in [1.82, 2.24) is 14.9 Å². The lowest BCUT2D eigenvalue weighted by Gasteiger charge is -2.41. The lowest BCUT2D eigenvalue weighted by molar-refractivity contribution is -0.163. The fourth-order valence-corrected chi connectivity index (χ4v) is 4.21. The van der Waals surface area contributed by atoms with E-state index in [9.17, 15) is 18.0 Å². The number of amides is 1. The summed E-state index contributed by atoms with van der Waals surface area (Å²) in [6, 6.07) is 5.41. The van der Waals surface area contributed by atoms with Gasteiger partial charge in [-0.2, -0.15) is 13.2 Å². The quantitative estimate of drug-likeness (QED) is 0.745. The van der Waals surface area contributed by atoms with Crippen LogP contribution in [0.1, 0.15) is 43.5 Å². The number of aromatic nitrogens is 2. The van der Waals surface area contributed by atoms with Crippen molar-refractivity contribution in [2.24, 2.45) is 0 Å². The van der Waals surface area contributed by atoms with Gasteiger partial charge in [0, 0.05) is 43.4 Å². The van der Waals surface area contributed by atoms with E-state index in [-0.39, 0.29) is 12.6 Å². The van der Waals surface area contributed by atoms with Crippen molar-refractivity contribution >= 4 is 23.5 Å². The predicted octanol–water partition coefficient (Wildman–Crippen LogP) is 4.24. The molecule has 9 heteroatoms. The zero-order valence-corrected chi connectivity index (χ0v) is 17.9. The van der Waals surface area contributed by atoms with Crippen molar-refractivity contribution < 1.29 is 18.0 Å². The maximum absolute atomic E-state index is 12.6. The number of nitrogens with zero attached hydrogens (tertiary/aromatic N) is 4. The van der Waals surface area contributed by atoms with Gasteiger partial charge in [-0.3, -0.25) is 9.78 Å². The molecule has 0 radical (unpaired) electrons. The number of pyridine rings is 2. The van der Waals surface area contributed by atoms with E-state index in [0.717, 1.165) is 35.4 Å². The Morgan fingerprint density at radius 3 is 2.69 bits per heavy atom. The van der Waals surface area contributed by atoms with Crippen molar-refractivity contribution in [1.29, 1.82) is 0 Å². The van der Waals surface area contributed by atoms with E-state index < -0.39 is 18.5 Å². The largest absolute Gasteiger partial charge is 0.397 e. The summed E-state index contributed by atoms with van der Waals surface area (Å²) in [7, 11) is 0. The molecule has 1 saturated heterocycles. The van der Waals surface area contributed by atoms with E-state index in [1.54, 1.807) is 19.2 Å². The standard InChI is InChI=1S/C23H26F3N5O/c1-3-17-10-16(6-7-28-17)18-11-19(27)22(29-21(18)15-4-5-15)30-8-9-31(14(2)13-30)20(32)12-23(24,25)26/h3,6-7,10-11,14-15H,1,4-5,8-9,12-13,27H2,2H3/t14-/m1/s1. The minimum absolute atomic E-state index is 0.199. The molecular weight excluding hydrogens is 419 g/mol. The van der Waals surface area contributed by atoms with Gasteiger partial charge in [-0.25, -0.2) is 4.98 Å². The van der Waals surface area contributed by atoms with Crippen LogP contribution in [0.3, 0.4) is 0 Å². The first-order valence-corrected chi connectivity index (χ1v) is 10.7. The minimum atomic E-state index is -4.51. The monoisotopic (exact) mass is 445 g/mol. The van der Waals surface area contributed by atoms with Gasteiger partial charge in [0.15, 0.2) is 5.82 Å². The molecule has 2 aliphatic rings. The van der Waals surface area contributed by atoms with Gasteiger partial charge in [-0.15, -0.1) is 0 Å². The van der Waals surface area contributed by atoms with Gasteiger partial charge in [0.25, 0.3) is 0 Å². The van der Waals surface area contributed by atoms with Crippen LogP contribution in [-0.4, -0.2) is 52.6 Å². The second kappa shape index (κ2) is 8.44. The number of alkyl halides is 3. The normalized spacial score (nSPS) is 19.2. The summed E-state index contributed by atoms with van der Waals surface area (Å²) in [5, 5.41) is 0. The van der Waals surface area contributed by atoms with E-state index >= 15 is 0 Å². The zero-order chi connectivity index (χ0) is 23.0. The molecule has 2 fully saturated rings. The van der Waals surface area contributed by atoms with Crippen LogP contribution in [0.25, 0.3) is 17.2 Å². The molecule has 2 aromatic heterocycles. The Balaban J connectivity index is 1.59. The van der Waals surface area contributed by atoms with Gasteiger partial charge < -0.3 is 15.5 Å². The topological polar surface area (TPSA) is 75.3 Å². The Labute approximate surface area is 184 Å². The van der Waals surface area contributed by atoms with Crippen LogP contribution in [0, 0.1) is 0 Å². The predicted molar refractivity (Wildman–Crippen MR) is 118 cm³/mol. The number of piperazine rings is 1. The molecule has 2 aromatic rings. The van der Waals surface area contributed by atoms with Crippen molar-refractivity contribution in [3.8, 4) is 11.1 Å². The van der Waals surface area contributed by atoms with E-state index in [4.69, 9.17) is 10.7 Å². The molecule has 32 heavy (non-hydrogen) atoms. The summed E-state index contributed by atoms with van der Waals surface area (Å²) >= 11 is 0. The first kappa shape index (κ1) is 22.1. The summed E-state index contributed by atoms with van der Waals surface area (Å²) in [5.41, 5.74) is 10.6. The first-order valence-electron chi connectivity index (χ1n) is 10.7. The van der Waals surface area contributed by atoms with Crippen LogP contribution in [0.2, 0.25) is 0 Å². The number of halogens is 3. The Morgan fingerprint density at radius 2 is 2.06 bits per heavy atom. The smallest absolute Gasteiger partial charge is 0.396 e. The minimum Gasteiger partial charge on any atom is -0.396 e. The fraction of sp³-hybridized carbons (Fsp3) is 0.435. The molecule has 6 nitrogen and oxygen atoms in total. The average Bonchev–Trinajstić information content (AvgIpc) is 3.57. The lowest BCUT2D eigenvalue weighted by Crippen LogP contribution is -2.55. The fourth-order valence-electron chi connectivity index (χ4n) is 4.21. The van der Waals surface area contributed by atoms with Gasteiger partial charge >= 0.3 is 6.18 Å². The third-order valence-corrected chi connectivity index (χ3v) is 5.92. The average molecular weight is 445 g/mol. The number of carbonyl (C=O) groups excluding carboxylic acids is 1. The molecule has 1 aliphatic carbocycles. The maximum Gasteiger partial charge on any atom is 0.397 e. The van der Waals surface area contributed by atoms with Gasteiger partial charge in [0.2, 0.25) is 5.91 Å². The lowest BCUT2D eigenvalue weighted by atomic mass is 10.0. The highest BCUT2D eigenvalue weighted by atomic mass is 19.4. The third kappa shape index (κ3) is 4.71. The molecule has 3 heterocycles. The number of rotatable bonds is 5. The van der Waals surface area contributed by atoms with Crippen LogP contribution < -0.4 is 10.6 Å². The summed E-state index contributed by atoms with van der Waals surface area (Å²) in [6.45, 7) is 6.48. The molecule has 1 saturated carbocycles. The van der Waals surface area contributed by atoms with Crippen molar-refractivity contribution in [3.63, 3.8) is 0 Å². The molecule has 0 unspecified atom stereocenters. The van der Waals surface area contributed by atoms with Gasteiger partial charge in [0.1, 0.15) is 6.42 Å². The molecule has 0 spiro atoms.